The summed E-state index contributed by atoms with van der Waals surface area (Å²) in [6, 6.07) is 5.03. The fourth-order valence-electron chi connectivity index (χ4n) is 6.90. The van der Waals surface area contributed by atoms with E-state index in [1.54, 1.807) is 23.3 Å². The van der Waals surface area contributed by atoms with Crippen molar-refractivity contribution >= 4 is 65.3 Å². The molecule has 2 aliphatic rings. The summed E-state index contributed by atoms with van der Waals surface area (Å²) in [5.41, 5.74) is 1.85. The summed E-state index contributed by atoms with van der Waals surface area (Å²) in [4.78, 5) is 34.4. The molecule has 0 radical (unpaired) electrons. The second-order valence-corrected chi connectivity index (χ2v) is 21.5. The van der Waals surface area contributed by atoms with Crippen LogP contribution in [0.5, 0.6) is 0 Å². The van der Waals surface area contributed by atoms with E-state index >= 15 is 0 Å². The lowest BCUT2D eigenvalue weighted by atomic mass is 9.98. The molecular weight excluding hydrogens is 657 g/mol. The molecule has 47 heavy (non-hydrogen) atoms. The number of nitrogens with zero attached hydrogens (tertiary/aromatic N) is 6. The van der Waals surface area contributed by atoms with Gasteiger partial charge in [-0.25, -0.2) is 4.79 Å². The molecule has 2 saturated heterocycles. The Morgan fingerprint density at radius 2 is 1.74 bits per heavy atom. The summed E-state index contributed by atoms with van der Waals surface area (Å²) < 4.78 is 16.9. The minimum atomic E-state index is -1.30. The number of carbonyl (C=O) groups excluding carboxylic acids is 1. The molecule has 0 aliphatic carbocycles. The number of anilines is 1. The van der Waals surface area contributed by atoms with Gasteiger partial charge in [0, 0.05) is 64.2 Å². The van der Waals surface area contributed by atoms with Crippen molar-refractivity contribution in [2.24, 2.45) is 14.1 Å². The van der Waals surface area contributed by atoms with E-state index in [0.29, 0.717) is 55.8 Å². The van der Waals surface area contributed by atoms with Crippen molar-refractivity contribution in [3.8, 4) is 11.1 Å². The fraction of sp³-hybridized carbons (Fsp3) is 0.576. The van der Waals surface area contributed by atoms with E-state index < -0.39 is 19.8 Å². The van der Waals surface area contributed by atoms with Crippen molar-refractivity contribution in [3.05, 3.63) is 38.9 Å². The van der Waals surface area contributed by atoms with Crippen molar-refractivity contribution in [1.29, 1.82) is 0 Å². The number of alkyl carbamates (subject to hydrolysis) is 1. The summed E-state index contributed by atoms with van der Waals surface area (Å²) in [6.45, 7) is 13.4. The average molecular weight is 703 g/mol. The van der Waals surface area contributed by atoms with Crippen LogP contribution in [0.25, 0.3) is 33.1 Å². The van der Waals surface area contributed by atoms with Crippen LogP contribution < -0.4 is 15.8 Å². The molecule has 2 bridgehead atoms. The number of aromatic nitrogens is 5. The number of fused-ring (bicyclic) bond motifs is 4. The van der Waals surface area contributed by atoms with E-state index in [-0.39, 0.29) is 30.4 Å². The topological polar surface area (TPSA) is 108 Å². The number of benzene rings is 1. The Bertz CT molecular complexity index is 1890. The molecule has 0 saturated carbocycles. The molecule has 5 heterocycles. The first-order valence-corrected chi connectivity index (χ1v) is 20.8. The Labute approximate surface area is 286 Å². The lowest BCUT2D eigenvalue weighted by Crippen LogP contribution is -2.52. The highest BCUT2D eigenvalue weighted by Gasteiger charge is 2.43. The lowest BCUT2D eigenvalue weighted by molar-refractivity contribution is 0.0492. The number of hydrogen-bond acceptors (Lipinski definition) is 7. The second-order valence-electron chi connectivity index (χ2n) is 15.2. The largest absolute Gasteiger partial charge is 0.444 e. The van der Waals surface area contributed by atoms with E-state index in [0.717, 1.165) is 31.7 Å². The Hall–Kier alpha value is -3.06. The van der Waals surface area contributed by atoms with Gasteiger partial charge in [-0.3, -0.25) is 14.0 Å². The minimum absolute atomic E-state index is 0.00838. The van der Waals surface area contributed by atoms with Crippen molar-refractivity contribution in [2.75, 3.05) is 11.5 Å². The standard InChI is InChI=1S/C33H45Cl2N7O4Si/c1-33(2,3)46-32(44)36-19-15-20-9-10-21(16-19)42(20)31-37-29-25(30(43)39(31)4)23(17-41(29)18-45-13-14-47(6,7)8)22-11-12-24-26(27(22)34)28(35)40(5)38-24/h11-12,17,19-21H,9-10,13-16,18H2,1-8H3,(H,36,44)/t19?,20-,21+. The molecule has 1 amide bonds. The molecule has 2 aliphatic heterocycles. The number of rotatable bonds is 8. The molecule has 1 N–H and O–H groups in total. The van der Waals surface area contributed by atoms with Gasteiger partial charge in [0.05, 0.1) is 21.3 Å². The van der Waals surface area contributed by atoms with Crippen molar-refractivity contribution < 1.29 is 14.3 Å². The predicted octanol–water partition coefficient (Wildman–Crippen LogP) is 6.93. The third-order valence-electron chi connectivity index (χ3n) is 9.14. The number of nitrogens with one attached hydrogen (secondary N) is 1. The minimum Gasteiger partial charge on any atom is -0.444 e. The van der Waals surface area contributed by atoms with Crippen molar-refractivity contribution in [1.82, 2.24) is 29.2 Å². The molecule has 3 aromatic heterocycles. The van der Waals surface area contributed by atoms with Crippen LogP contribution in [0.15, 0.2) is 23.1 Å². The maximum atomic E-state index is 14.4. The van der Waals surface area contributed by atoms with Crippen LogP contribution in [0.2, 0.25) is 35.9 Å². The van der Waals surface area contributed by atoms with Crippen molar-refractivity contribution in [3.63, 3.8) is 0 Å². The first kappa shape index (κ1) is 33.8. The second kappa shape index (κ2) is 12.4. The molecule has 1 aromatic carbocycles. The van der Waals surface area contributed by atoms with E-state index in [1.165, 1.54) is 0 Å². The zero-order valence-corrected chi connectivity index (χ0v) is 31.0. The summed E-state index contributed by atoms with van der Waals surface area (Å²) in [5.74, 6) is 0.621. The Balaban J connectivity index is 1.39. The summed E-state index contributed by atoms with van der Waals surface area (Å²) >= 11 is 13.6. The van der Waals surface area contributed by atoms with Crippen LogP contribution in [-0.2, 0) is 30.3 Å². The van der Waals surface area contributed by atoms with Crippen molar-refractivity contribution in [2.45, 2.75) is 103 Å². The molecule has 3 atom stereocenters. The quantitative estimate of drug-likeness (QED) is 0.157. The molecule has 1 unspecified atom stereocenters. The van der Waals surface area contributed by atoms with Gasteiger partial charge in [-0.05, 0) is 58.6 Å². The SMILES string of the molecule is Cn1nc2ccc(-c3cn(COCC[Si](C)(C)C)c4nc(N5[C@@H]6CC[C@H]5CC(NC(=O)OC(C)(C)C)C6)n(C)c(=O)c34)c(Cl)c2c1Cl. The number of amides is 1. The van der Waals surface area contributed by atoms with Gasteiger partial charge in [-0.2, -0.15) is 10.1 Å². The number of piperidine rings is 1. The Kier molecular flexibility index (Phi) is 8.95. The summed E-state index contributed by atoms with van der Waals surface area (Å²) in [6.07, 6.45) is 4.93. The molecular formula is C33H45Cl2N7O4Si. The maximum absolute atomic E-state index is 14.4. The van der Waals surface area contributed by atoms with Gasteiger partial charge in [0.2, 0.25) is 5.95 Å². The number of halogens is 2. The van der Waals surface area contributed by atoms with Gasteiger partial charge < -0.3 is 24.3 Å². The molecule has 2 fully saturated rings. The zero-order chi connectivity index (χ0) is 34.0. The van der Waals surface area contributed by atoms with Gasteiger partial charge in [0.25, 0.3) is 5.56 Å². The van der Waals surface area contributed by atoms with Crippen LogP contribution in [0.3, 0.4) is 0 Å². The Morgan fingerprint density at radius 3 is 2.38 bits per heavy atom. The molecule has 254 valence electrons. The number of hydrogen-bond donors (Lipinski definition) is 1. The highest BCUT2D eigenvalue weighted by Crippen LogP contribution is 2.42. The molecule has 11 nitrogen and oxygen atoms in total. The maximum Gasteiger partial charge on any atom is 0.407 e. The van der Waals surface area contributed by atoms with Crippen LogP contribution in [-0.4, -0.2) is 68.4 Å². The number of ether oxygens (including phenoxy) is 2. The van der Waals surface area contributed by atoms with Gasteiger partial charge >= 0.3 is 6.09 Å². The van der Waals surface area contributed by atoms with E-state index in [2.05, 4.69) is 35.0 Å². The van der Waals surface area contributed by atoms with Crippen LogP contribution in [0.4, 0.5) is 10.7 Å². The monoisotopic (exact) mass is 701 g/mol. The highest BCUT2D eigenvalue weighted by atomic mass is 35.5. The molecule has 14 heteroatoms. The van der Waals surface area contributed by atoms with E-state index in [4.69, 9.17) is 37.7 Å². The lowest BCUT2D eigenvalue weighted by Gasteiger charge is -2.40. The first-order valence-electron chi connectivity index (χ1n) is 16.3. The van der Waals surface area contributed by atoms with Crippen LogP contribution >= 0.6 is 23.2 Å². The molecule has 0 spiro atoms. The predicted molar refractivity (Wildman–Crippen MR) is 190 cm³/mol. The van der Waals surface area contributed by atoms with Gasteiger partial charge in [0.15, 0.2) is 5.65 Å². The third-order valence-corrected chi connectivity index (χ3v) is 11.7. The number of aryl methyl sites for hydroxylation is 1. The zero-order valence-electron chi connectivity index (χ0n) is 28.5. The Morgan fingerprint density at radius 1 is 1.06 bits per heavy atom. The van der Waals surface area contributed by atoms with E-state index in [1.807, 2.05) is 43.7 Å². The van der Waals surface area contributed by atoms with E-state index in [9.17, 15) is 9.59 Å². The van der Waals surface area contributed by atoms with Crippen LogP contribution in [0.1, 0.15) is 46.5 Å². The van der Waals surface area contributed by atoms with Gasteiger partial charge in [-0.15, -0.1) is 0 Å². The normalized spacial score (nSPS) is 20.0. The summed E-state index contributed by atoms with van der Waals surface area (Å²) in [5, 5.41) is 9.51. The van der Waals surface area contributed by atoms with Gasteiger partial charge in [-0.1, -0.05) is 48.9 Å². The third kappa shape index (κ3) is 6.66. The highest BCUT2D eigenvalue weighted by molar-refractivity contribution is 6.76. The molecule has 4 aromatic rings. The average Bonchev–Trinajstić information content (AvgIpc) is 3.55. The molecule has 6 rings (SSSR count). The summed E-state index contributed by atoms with van der Waals surface area (Å²) in [7, 11) is 2.25. The smallest absolute Gasteiger partial charge is 0.407 e. The van der Waals surface area contributed by atoms with Crippen LogP contribution in [0, 0.1) is 0 Å². The fourth-order valence-corrected chi connectivity index (χ4v) is 8.28. The number of carbonyl (C=O) groups is 1. The van der Waals surface area contributed by atoms with Gasteiger partial charge in [0.1, 0.15) is 17.5 Å². The first-order chi connectivity index (χ1) is 22.0.